The van der Waals surface area contributed by atoms with Crippen LogP contribution in [0.3, 0.4) is 0 Å². The molecule has 2 aliphatic rings. The molecule has 0 spiro atoms. The van der Waals surface area contributed by atoms with E-state index in [0.717, 1.165) is 30.8 Å². The predicted octanol–water partition coefficient (Wildman–Crippen LogP) is 1.79. The molecule has 1 amide bonds. The van der Waals surface area contributed by atoms with Crippen LogP contribution in [0.4, 0.5) is 0 Å². The normalized spacial score (nSPS) is 24.7. The fraction of sp³-hybridized carbons (Fsp3) is 0.889. The minimum Gasteiger partial charge on any atom is -0.336 e. The maximum absolute atomic E-state index is 11.8. The highest BCUT2D eigenvalue weighted by Gasteiger charge is 2.37. The van der Waals surface area contributed by atoms with Crippen LogP contribution in [-0.2, 0) is 4.79 Å². The van der Waals surface area contributed by atoms with Crippen LogP contribution in [0.2, 0.25) is 0 Å². The lowest BCUT2D eigenvalue weighted by Gasteiger charge is -2.28. The van der Waals surface area contributed by atoms with Crippen molar-refractivity contribution >= 4 is 17.7 Å². The maximum atomic E-state index is 11.8. The van der Waals surface area contributed by atoms with Gasteiger partial charge >= 0.3 is 0 Å². The van der Waals surface area contributed by atoms with Crippen LogP contribution in [0.15, 0.2) is 5.11 Å². The summed E-state index contributed by atoms with van der Waals surface area (Å²) >= 11 is 1.90. The third kappa shape index (κ3) is 2.58. The standard InChI is InChI=1S/C9H14N4OS/c10-12-11-5-9(14)13(7-1-2-7)8-3-4-15-6-8/h7-8H,1-6H2/t8-/m0/s1. The molecular formula is C9H14N4OS. The number of amides is 1. The number of carbonyl (C=O) groups excluding carboxylic acids is 1. The molecule has 0 N–H and O–H groups in total. The quantitative estimate of drug-likeness (QED) is 0.416. The van der Waals surface area contributed by atoms with Gasteiger partial charge < -0.3 is 4.90 Å². The molecule has 0 radical (unpaired) electrons. The van der Waals surface area contributed by atoms with Gasteiger partial charge in [0.05, 0.1) is 0 Å². The SMILES string of the molecule is [N-]=[N+]=NCC(=O)N(C1CC1)[C@H]1CCSC1. The van der Waals surface area contributed by atoms with Crippen molar-refractivity contribution in [3.8, 4) is 0 Å². The highest BCUT2D eigenvalue weighted by molar-refractivity contribution is 7.99. The number of thioether (sulfide) groups is 1. The summed E-state index contributed by atoms with van der Waals surface area (Å²) in [6, 6.07) is 0.805. The molecule has 82 valence electrons. The Kier molecular flexibility index (Phi) is 3.38. The molecule has 0 aromatic heterocycles. The van der Waals surface area contributed by atoms with Gasteiger partial charge in [-0.3, -0.25) is 4.79 Å². The molecule has 1 aliphatic carbocycles. The molecule has 2 rings (SSSR count). The zero-order valence-electron chi connectivity index (χ0n) is 8.50. The number of carbonyl (C=O) groups is 1. The molecule has 0 aromatic rings. The zero-order valence-corrected chi connectivity index (χ0v) is 9.32. The molecule has 1 atom stereocenters. The molecule has 2 fully saturated rings. The monoisotopic (exact) mass is 226 g/mol. The molecule has 1 aliphatic heterocycles. The topological polar surface area (TPSA) is 69.1 Å². The molecule has 1 saturated carbocycles. The van der Waals surface area contributed by atoms with Gasteiger partial charge in [-0.2, -0.15) is 11.8 Å². The van der Waals surface area contributed by atoms with Gasteiger partial charge in [-0.25, -0.2) is 0 Å². The third-order valence-corrected chi connectivity index (χ3v) is 3.94. The van der Waals surface area contributed by atoms with E-state index in [0.29, 0.717) is 12.1 Å². The van der Waals surface area contributed by atoms with Crippen molar-refractivity contribution in [2.45, 2.75) is 31.3 Å². The highest BCUT2D eigenvalue weighted by atomic mass is 32.2. The van der Waals surface area contributed by atoms with E-state index in [2.05, 4.69) is 10.0 Å². The van der Waals surface area contributed by atoms with Crippen LogP contribution in [0, 0.1) is 0 Å². The Balaban J connectivity index is 1.98. The number of nitrogens with zero attached hydrogens (tertiary/aromatic N) is 4. The number of rotatable bonds is 4. The van der Waals surface area contributed by atoms with Gasteiger partial charge in [0.2, 0.25) is 5.91 Å². The van der Waals surface area contributed by atoms with Gasteiger partial charge in [0.25, 0.3) is 0 Å². The van der Waals surface area contributed by atoms with Crippen LogP contribution in [0.25, 0.3) is 10.4 Å². The van der Waals surface area contributed by atoms with Gasteiger partial charge in [-0.15, -0.1) is 0 Å². The van der Waals surface area contributed by atoms with Crippen molar-refractivity contribution in [3.05, 3.63) is 10.4 Å². The molecule has 1 heterocycles. The van der Waals surface area contributed by atoms with Crippen molar-refractivity contribution in [1.29, 1.82) is 0 Å². The second-order valence-corrected chi connectivity index (χ2v) is 5.09. The van der Waals surface area contributed by atoms with Crippen molar-refractivity contribution < 1.29 is 4.79 Å². The molecule has 0 bridgehead atoms. The average molecular weight is 226 g/mol. The molecule has 0 unspecified atom stereocenters. The van der Waals surface area contributed by atoms with E-state index in [-0.39, 0.29) is 12.5 Å². The van der Waals surface area contributed by atoms with Gasteiger partial charge in [-0.05, 0) is 30.5 Å². The maximum Gasteiger partial charge on any atom is 0.228 e. The molecule has 5 nitrogen and oxygen atoms in total. The van der Waals surface area contributed by atoms with Gasteiger partial charge in [0, 0.05) is 22.7 Å². The van der Waals surface area contributed by atoms with E-state index >= 15 is 0 Å². The summed E-state index contributed by atoms with van der Waals surface area (Å²) < 4.78 is 0. The van der Waals surface area contributed by atoms with E-state index in [1.807, 2.05) is 16.7 Å². The van der Waals surface area contributed by atoms with Crippen LogP contribution in [0.5, 0.6) is 0 Å². The Labute approximate surface area is 92.8 Å². The number of hydrogen-bond acceptors (Lipinski definition) is 3. The van der Waals surface area contributed by atoms with E-state index in [1.54, 1.807) is 0 Å². The first kappa shape index (κ1) is 10.6. The predicted molar refractivity (Wildman–Crippen MR) is 59.6 cm³/mol. The molecule has 1 saturated heterocycles. The molecule has 15 heavy (non-hydrogen) atoms. The lowest BCUT2D eigenvalue weighted by atomic mass is 10.2. The summed E-state index contributed by atoms with van der Waals surface area (Å²) in [5.74, 6) is 2.18. The first-order chi connectivity index (χ1) is 7.33. The van der Waals surface area contributed by atoms with E-state index in [1.165, 1.54) is 0 Å². The zero-order chi connectivity index (χ0) is 10.7. The van der Waals surface area contributed by atoms with Crippen molar-refractivity contribution in [2.75, 3.05) is 18.1 Å². The highest BCUT2D eigenvalue weighted by Crippen LogP contribution is 2.33. The first-order valence-electron chi connectivity index (χ1n) is 5.22. The average Bonchev–Trinajstić information content (AvgIpc) is 2.91. The Morgan fingerprint density at radius 1 is 1.47 bits per heavy atom. The minimum absolute atomic E-state index is 0.00259. The summed E-state index contributed by atoms with van der Waals surface area (Å²) in [7, 11) is 0. The van der Waals surface area contributed by atoms with Crippen LogP contribution >= 0.6 is 11.8 Å². The summed E-state index contributed by atoms with van der Waals surface area (Å²) in [5.41, 5.74) is 8.20. The number of azide groups is 1. The smallest absolute Gasteiger partial charge is 0.228 e. The third-order valence-electron chi connectivity index (χ3n) is 2.80. The van der Waals surface area contributed by atoms with Gasteiger partial charge in [-0.1, -0.05) is 5.11 Å². The summed E-state index contributed by atoms with van der Waals surface area (Å²) in [5, 5.41) is 3.36. The summed E-state index contributed by atoms with van der Waals surface area (Å²) in [6.45, 7) is -0.0197. The van der Waals surface area contributed by atoms with E-state index in [9.17, 15) is 4.79 Å². The molecule has 6 heteroatoms. The van der Waals surface area contributed by atoms with Crippen LogP contribution in [-0.4, -0.2) is 40.9 Å². The van der Waals surface area contributed by atoms with Crippen LogP contribution < -0.4 is 0 Å². The van der Waals surface area contributed by atoms with Crippen molar-refractivity contribution in [3.63, 3.8) is 0 Å². The fourth-order valence-electron chi connectivity index (χ4n) is 1.97. The fourth-order valence-corrected chi connectivity index (χ4v) is 3.18. The Bertz CT molecular complexity index is 292. The number of hydrogen-bond donors (Lipinski definition) is 0. The lowest BCUT2D eigenvalue weighted by molar-refractivity contribution is -0.132. The molecule has 0 aromatic carbocycles. The Morgan fingerprint density at radius 3 is 2.80 bits per heavy atom. The van der Waals surface area contributed by atoms with Gasteiger partial charge in [0.15, 0.2) is 0 Å². The Morgan fingerprint density at radius 2 is 2.27 bits per heavy atom. The Hall–Kier alpha value is -0.870. The van der Waals surface area contributed by atoms with E-state index < -0.39 is 0 Å². The minimum atomic E-state index is -0.0197. The van der Waals surface area contributed by atoms with E-state index in [4.69, 9.17) is 5.53 Å². The van der Waals surface area contributed by atoms with Crippen molar-refractivity contribution in [2.24, 2.45) is 5.11 Å². The lowest BCUT2D eigenvalue weighted by Crippen LogP contribution is -2.43. The van der Waals surface area contributed by atoms with Crippen molar-refractivity contribution in [1.82, 2.24) is 4.90 Å². The summed E-state index contributed by atoms with van der Waals surface area (Å²) in [4.78, 5) is 16.4. The molecular weight excluding hydrogens is 212 g/mol. The second-order valence-electron chi connectivity index (χ2n) is 3.94. The second kappa shape index (κ2) is 4.77. The summed E-state index contributed by atoms with van der Waals surface area (Å²) in [6.07, 6.45) is 3.32. The van der Waals surface area contributed by atoms with Crippen LogP contribution in [0.1, 0.15) is 19.3 Å². The van der Waals surface area contributed by atoms with Gasteiger partial charge in [0.1, 0.15) is 6.54 Å². The largest absolute Gasteiger partial charge is 0.336 e. The first-order valence-corrected chi connectivity index (χ1v) is 6.38.